The molecule has 1 heterocycles. The van der Waals surface area contributed by atoms with Gasteiger partial charge in [-0.2, -0.15) is 0 Å². The molecule has 13 heavy (non-hydrogen) atoms. The van der Waals surface area contributed by atoms with Gasteiger partial charge in [0, 0.05) is 6.42 Å². The van der Waals surface area contributed by atoms with E-state index in [-0.39, 0.29) is 18.7 Å². The number of amides is 1. The topological polar surface area (TPSA) is 94.9 Å². The van der Waals surface area contributed by atoms with Gasteiger partial charge in [0.2, 0.25) is 0 Å². The fourth-order valence-electron chi connectivity index (χ4n) is 1.36. The molecule has 0 aromatic heterocycles. The number of rotatable bonds is 1. The summed E-state index contributed by atoms with van der Waals surface area (Å²) >= 11 is 0. The largest absolute Gasteiger partial charge is 0.479 e. The second-order valence-corrected chi connectivity index (χ2v) is 3.16. The first kappa shape index (κ1) is 9.50. The maximum atomic E-state index is 10.9. The summed E-state index contributed by atoms with van der Waals surface area (Å²) in [5.41, 5.74) is -1.59. The Balaban J connectivity index is 3.01. The van der Waals surface area contributed by atoms with E-state index in [2.05, 4.69) is 0 Å². The molecule has 1 fully saturated rings. The summed E-state index contributed by atoms with van der Waals surface area (Å²) in [5, 5.41) is 17.4. The average molecular weight is 187 g/mol. The van der Waals surface area contributed by atoms with E-state index in [4.69, 9.17) is 10.2 Å². The Labute approximate surface area is 73.8 Å². The van der Waals surface area contributed by atoms with Crippen LogP contribution in [0.2, 0.25) is 0 Å². The molecule has 1 aliphatic rings. The highest BCUT2D eigenvalue weighted by Gasteiger charge is 2.50. The Hall–Kier alpha value is -1.59. The maximum Gasteiger partial charge on any atom is 0.408 e. The van der Waals surface area contributed by atoms with Gasteiger partial charge >= 0.3 is 12.1 Å². The van der Waals surface area contributed by atoms with Gasteiger partial charge in [0.25, 0.3) is 0 Å². The summed E-state index contributed by atoms with van der Waals surface area (Å²) < 4.78 is 0. The van der Waals surface area contributed by atoms with Crippen LogP contribution in [0, 0.1) is 0 Å². The van der Waals surface area contributed by atoms with Crippen LogP contribution in [0.3, 0.4) is 0 Å². The highest BCUT2D eigenvalue weighted by atomic mass is 16.4. The molecule has 1 aliphatic heterocycles. The van der Waals surface area contributed by atoms with Gasteiger partial charge in [-0.1, -0.05) is 0 Å². The minimum absolute atomic E-state index is 0.255. The van der Waals surface area contributed by atoms with Gasteiger partial charge in [0.1, 0.15) is 5.54 Å². The molecular weight excluding hydrogens is 178 g/mol. The lowest BCUT2D eigenvalue weighted by Crippen LogP contribution is -2.50. The van der Waals surface area contributed by atoms with Gasteiger partial charge in [-0.25, -0.2) is 9.59 Å². The maximum absolute atomic E-state index is 10.9. The number of ketones is 1. The number of carbonyl (C=O) groups is 3. The van der Waals surface area contributed by atoms with Crippen LogP contribution in [0.4, 0.5) is 4.79 Å². The second kappa shape index (κ2) is 2.72. The molecular formula is C7H9NO5. The van der Waals surface area contributed by atoms with Crippen molar-refractivity contribution in [2.24, 2.45) is 0 Å². The van der Waals surface area contributed by atoms with Crippen molar-refractivity contribution in [3.8, 4) is 0 Å². The van der Waals surface area contributed by atoms with Crippen LogP contribution in [0.25, 0.3) is 0 Å². The van der Waals surface area contributed by atoms with Crippen molar-refractivity contribution < 1.29 is 24.6 Å². The van der Waals surface area contributed by atoms with E-state index in [0.29, 0.717) is 4.90 Å². The number of carboxylic acid groups (broad SMARTS) is 2. The standard InChI is InChI=1S/C7H9NO5/c1-7(5(10)11)2-4(9)3-8(7)6(12)13/h2-3H2,1H3,(H,10,11)(H,12,13). The van der Waals surface area contributed by atoms with Crippen LogP contribution in [0.1, 0.15) is 13.3 Å². The molecule has 0 aromatic rings. The van der Waals surface area contributed by atoms with Gasteiger partial charge < -0.3 is 10.2 Å². The minimum Gasteiger partial charge on any atom is -0.479 e. The number of hydrogen-bond donors (Lipinski definition) is 2. The SMILES string of the molecule is CC1(C(=O)O)CC(=O)CN1C(=O)O. The van der Waals surface area contributed by atoms with E-state index in [1.807, 2.05) is 0 Å². The summed E-state index contributed by atoms with van der Waals surface area (Å²) in [5.74, 6) is -1.66. The fourth-order valence-corrected chi connectivity index (χ4v) is 1.36. The van der Waals surface area contributed by atoms with Crippen LogP contribution < -0.4 is 0 Å². The van der Waals surface area contributed by atoms with E-state index >= 15 is 0 Å². The Kier molecular flexibility index (Phi) is 1.99. The van der Waals surface area contributed by atoms with Crippen LogP contribution >= 0.6 is 0 Å². The summed E-state index contributed by atoms with van der Waals surface area (Å²) in [7, 11) is 0. The van der Waals surface area contributed by atoms with E-state index in [1.54, 1.807) is 0 Å². The molecule has 0 saturated carbocycles. The highest BCUT2D eigenvalue weighted by Crippen LogP contribution is 2.26. The van der Waals surface area contributed by atoms with E-state index < -0.39 is 17.6 Å². The lowest BCUT2D eigenvalue weighted by molar-refractivity contribution is -0.147. The number of Topliss-reactive ketones (excluding diaryl/α,β-unsaturated/α-hetero) is 1. The molecule has 2 N–H and O–H groups in total. The van der Waals surface area contributed by atoms with Crippen molar-refractivity contribution in [3.63, 3.8) is 0 Å². The first-order valence-corrected chi connectivity index (χ1v) is 3.63. The van der Waals surface area contributed by atoms with E-state index in [1.165, 1.54) is 6.92 Å². The third-order valence-electron chi connectivity index (χ3n) is 2.16. The van der Waals surface area contributed by atoms with Crippen LogP contribution in [-0.4, -0.2) is 45.0 Å². The van der Waals surface area contributed by atoms with Crippen molar-refractivity contribution in [1.29, 1.82) is 0 Å². The Morgan fingerprint density at radius 1 is 1.46 bits per heavy atom. The number of hydrogen-bond acceptors (Lipinski definition) is 3. The lowest BCUT2D eigenvalue weighted by Gasteiger charge is -2.27. The first-order valence-electron chi connectivity index (χ1n) is 3.63. The summed E-state index contributed by atoms with van der Waals surface area (Å²) in [6, 6.07) is 0. The van der Waals surface area contributed by atoms with Gasteiger partial charge in [0.15, 0.2) is 5.78 Å². The van der Waals surface area contributed by atoms with Gasteiger partial charge in [0.05, 0.1) is 6.54 Å². The molecule has 1 saturated heterocycles. The van der Waals surface area contributed by atoms with Crippen LogP contribution in [0.15, 0.2) is 0 Å². The van der Waals surface area contributed by atoms with E-state index in [9.17, 15) is 14.4 Å². The molecule has 0 aliphatic carbocycles. The average Bonchev–Trinajstić information content (AvgIpc) is 2.27. The molecule has 1 unspecified atom stereocenters. The Bertz CT molecular complexity index is 287. The first-order chi connectivity index (χ1) is 5.88. The van der Waals surface area contributed by atoms with Crippen molar-refractivity contribution >= 4 is 17.8 Å². The summed E-state index contributed by atoms with van der Waals surface area (Å²) in [6.45, 7) is 0.895. The van der Waals surface area contributed by atoms with Crippen LogP contribution in [-0.2, 0) is 9.59 Å². The molecule has 1 atom stereocenters. The van der Waals surface area contributed by atoms with Crippen molar-refractivity contribution in [3.05, 3.63) is 0 Å². The van der Waals surface area contributed by atoms with Gasteiger partial charge in [-0.15, -0.1) is 0 Å². The highest BCUT2D eigenvalue weighted by molar-refractivity contribution is 5.97. The van der Waals surface area contributed by atoms with Crippen molar-refractivity contribution in [2.45, 2.75) is 18.9 Å². The minimum atomic E-state index is -1.59. The number of nitrogens with zero attached hydrogens (tertiary/aromatic N) is 1. The fraction of sp³-hybridized carbons (Fsp3) is 0.571. The smallest absolute Gasteiger partial charge is 0.408 e. The number of carbonyl (C=O) groups excluding carboxylic acids is 1. The molecule has 0 radical (unpaired) electrons. The van der Waals surface area contributed by atoms with Gasteiger partial charge in [-0.3, -0.25) is 9.69 Å². The van der Waals surface area contributed by atoms with E-state index in [0.717, 1.165) is 0 Å². The summed E-state index contributed by atoms with van der Waals surface area (Å²) in [4.78, 5) is 32.9. The Morgan fingerprint density at radius 2 is 2.00 bits per heavy atom. The molecule has 72 valence electrons. The quantitative estimate of drug-likeness (QED) is 0.591. The zero-order valence-corrected chi connectivity index (χ0v) is 6.98. The molecule has 0 spiro atoms. The normalized spacial score (nSPS) is 27.8. The van der Waals surface area contributed by atoms with Crippen molar-refractivity contribution in [2.75, 3.05) is 6.54 Å². The third kappa shape index (κ3) is 1.34. The zero-order valence-electron chi connectivity index (χ0n) is 6.98. The number of aliphatic carboxylic acids is 1. The molecule has 6 heteroatoms. The second-order valence-electron chi connectivity index (χ2n) is 3.16. The third-order valence-corrected chi connectivity index (χ3v) is 2.16. The predicted molar refractivity (Wildman–Crippen MR) is 40.4 cm³/mol. The molecule has 6 nitrogen and oxygen atoms in total. The molecule has 0 aromatic carbocycles. The Morgan fingerprint density at radius 3 is 2.31 bits per heavy atom. The zero-order chi connectivity index (χ0) is 10.2. The molecule has 0 bridgehead atoms. The number of carboxylic acids is 1. The van der Waals surface area contributed by atoms with Gasteiger partial charge in [-0.05, 0) is 6.92 Å². The van der Waals surface area contributed by atoms with Crippen molar-refractivity contribution in [1.82, 2.24) is 4.90 Å². The molecule has 1 rings (SSSR count). The van der Waals surface area contributed by atoms with Crippen LogP contribution in [0.5, 0.6) is 0 Å². The predicted octanol–water partition coefficient (Wildman–Crippen LogP) is -0.218. The summed E-state index contributed by atoms with van der Waals surface area (Å²) in [6.07, 6.45) is -1.63. The number of likely N-dealkylation sites (tertiary alicyclic amines) is 1. The molecule has 1 amide bonds. The monoisotopic (exact) mass is 187 g/mol. The lowest BCUT2D eigenvalue weighted by atomic mass is 9.99.